The zero-order valence-corrected chi connectivity index (χ0v) is 14.3. The summed E-state index contributed by atoms with van der Waals surface area (Å²) in [5.74, 6) is 0. The Hall–Kier alpha value is -0.552. The minimum Gasteiger partial charge on any atom is -0.391 e. The topological polar surface area (TPSA) is 17.1 Å². The molecule has 2 heteroatoms. The van der Waals surface area contributed by atoms with Gasteiger partial charge in [-0.05, 0) is 6.29 Å². The molecule has 0 aliphatic heterocycles. The van der Waals surface area contributed by atoms with Crippen molar-refractivity contribution in [3.63, 3.8) is 0 Å². The molecule has 0 fully saturated rings. The van der Waals surface area contributed by atoms with Gasteiger partial charge in [-0.3, -0.25) is 18.1 Å². The molecular formula is C14H24OW. The van der Waals surface area contributed by atoms with E-state index in [9.17, 15) is 4.79 Å². The van der Waals surface area contributed by atoms with Gasteiger partial charge in [0.05, 0.1) is 0 Å². The summed E-state index contributed by atoms with van der Waals surface area (Å²) in [7, 11) is 0. The molecule has 0 aliphatic carbocycles. The van der Waals surface area contributed by atoms with Crippen LogP contribution in [0.5, 0.6) is 0 Å². The van der Waals surface area contributed by atoms with E-state index >= 15 is 0 Å². The van der Waals surface area contributed by atoms with Crippen molar-refractivity contribution < 1.29 is 25.9 Å². The van der Waals surface area contributed by atoms with E-state index in [0.717, 1.165) is 5.56 Å². The average molecular weight is 392 g/mol. The maximum Gasteiger partial charge on any atom is 2.00 e. The molecule has 0 bridgehead atoms. The van der Waals surface area contributed by atoms with E-state index in [1.54, 1.807) is 24.5 Å². The molecule has 0 saturated heterocycles. The van der Waals surface area contributed by atoms with Gasteiger partial charge in [0.1, 0.15) is 0 Å². The third-order valence-corrected chi connectivity index (χ3v) is 1.13. The summed E-state index contributed by atoms with van der Waals surface area (Å²) in [6.45, 7) is 15.6. The molecule has 0 aliphatic rings. The number of benzene rings is 1. The van der Waals surface area contributed by atoms with E-state index in [2.05, 4.69) is 6.92 Å². The second kappa shape index (κ2) is 23.9. The molecule has 0 amide bonds. The van der Waals surface area contributed by atoms with Crippen LogP contribution in [0.2, 0.25) is 0 Å². The zero-order chi connectivity index (χ0) is 12.7. The van der Waals surface area contributed by atoms with Gasteiger partial charge in [-0.25, -0.2) is 12.1 Å². The molecule has 16 heavy (non-hydrogen) atoms. The Bertz CT molecular complexity index is 222. The summed E-state index contributed by atoms with van der Waals surface area (Å²) in [5.41, 5.74) is 1.27. The van der Waals surface area contributed by atoms with E-state index in [0.29, 0.717) is 5.56 Å². The van der Waals surface area contributed by atoms with Crippen molar-refractivity contribution >= 4 is 6.29 Å². The van der Waals surface area contributed by atoms with E-state index in [1.807, 2.05) is 47.6 Å². The molecule has 92 valence electrons. The van der Waals surface area contributed by atoms with Crippen molar-refractivity contribution in [3.05, 3.63) is 42.3 Å². The summed E-state index contributed by atoms with van der Waals surface area (Å²) in [4.78, 5) is 10.1. The summed E-state index contributed by atoms with van der Waals surface area (Å²) in [6.07, 6.45) is 1.78. The van der Waals surface area contributed by atoms with Crippen molar-refractivity contribution in [3.8, 4) is 0 Å². The monoisotopic (exact) mass is 392 g/mol. The van der Waals surface area contributed by atoms with Gasteiger partial charge in [0, 0.05) is 0 Å². The maximum absolute atomic E-state index is 10.1. The number of rotatable bonds is 1. The summed E-state index contributed by atoms with van der Waals surface area (Å²) in [6, 6.07) is 7.09. The van der Waals surface area contributed by atoms with Crippen molar-refractivity contribution in [2.45, 2.75) is 41.5 Å². The van der Waals surface area contributed by atoms with Gasteiger partial charge in [-0.15, -0.1) is 12.1 Å². The standard InChI is InChI=1S/C8H6O.3C2H6.W/c1-7-4-2-3-5-8(7)6-9;3*1-2;/h2-5H,1H2;3*1-2H3;/q-2;;;;+2. The fourth-order valence-electron chi connectivity index (χ4n) is 0.620. The van der Waals surface area contributed by atoms with E-state index in [1.165, 1.54) is 0 Å². The Labute approximate surface area is 116 Å². The van der Waals surface area contributed by atoms with Crippen molar-refractivity contribution in [2.24, 2.45) is 0 Å². The predicted molar refractivity (Wildman–Crippen MR) is 69.7 cm³/mol. The second-order valence-electron chi connectivity index (χ2n) is 1.76. The Morgan fingerprint density at radius 1 is 0.938 bits per heavy atom. The molecule has 0 unspecified atom stereocenters. The van der Waals surface area contributed by atoms with Crippen molar-refractivity contribution in [1.82, 2.24) is 0 Å². The SMILES string of the molecule is CC.CC.CC.[CH2-]c1ccccc1[C-]=O.[W+2]. The minimum absolute atomic E-state index is 0. The fraction of sp³-hybridized carbons (Fsp3) is 0.429. The van der Waals surface area contributed by atoms with E-state index in [4.69, 9.17) is 0 Å². The van der Waals surface area contributed by atoms with Crippen LogP contribution in [0.4, 0.5) is 0 Å². The molecule has 1 nitrogen and oxygen atoms in total. The molecule has 1 rings (SSSR count). The first-order chi connectivity index (χ1) is 7.34. The van der Waals surface area contributed by atoms with Crippen LogP contribution < -0.4 is 0 Å². The molecule has 1 aromatic carbocycles. The first-order valence-electron chi connectivity index (χ1n) is 5.64. The van der Waals surface area contributed by atoms with E-state index in [-0.39, 0.29) is 21.1 Å². The first-order valence-corrected chi connectivity index (χ1v) is 5.64. The Balaban J connectivity index is -0.0000000900. The third kappa shape index (κ3) is 13.4. The molecule has 0 atom stereocenters. The Morgan fingerprint density at radius 3 is 1.56 bits per heavy atom. The summed E-state index contributed by atoms with van der Waals surface area (Å²) in [5, 5.41) is 0. The van der Waals surface area contributed by atoms with Crippen molar-refractivity contribution in [2.75, 3.05) is 0 Å². The van der Waals surface area contributed by atoms with Crippen LogP contribution in [0.3, 0.4) is 0 Å². The van der Waals surface area contributed by atoms with Crippen LogP contribution in [0.25, 0.3) is 0 Å². The van der Waals surface area contributed by atoms with Gasteiger partial charge >= 0.3 is 21.1 Å². The zero-order valence-electron chi connectivity index (χ0n) is 11.3. The van der Waals surface area contributed by atoms with Crippen LogP contribution in [0.1, 0.15) is 52.7 Å². The van der Waals surface area contributed by atoms with Crippen LogP contribution in [0.15, 0.2) is 24.3 Å². The van der Waals surface area contributed by atoms with E-state index < -0.39 is 0 Å². The third-order valence-electron chi connectivity index (χ3n) is 1.13. The van der Waals surface area contributed by atoms with Gasteiger partial charge in [0.2, 0.25) is 0 Å². The first kappa shape index (κ1) is 24.6. The molecule has 0 heterocycles. The number of carbonyl (C=O) groups excluding carboxylic acids is 1. The van der Waals surface area contributed by atoms with Crippen LogP contribution >= 0.6 is 0 Å². The molecule has 1 aromatic rings. The minimum atomic E-state index is 0. The quantitative estimate of drug-likeness (QED) is 0.648. The molecule has 0 N–H and O–H groups in total. The molecule has 0 radical (unpaired) electrons. The number of hydrogen-bond acceptors (Lipinski definition) is 1. The van der Waals surface area contributed by atoms with Crippen LogP contribution in [-0.2, 0) is 25.9 Å². The largest absolute Gasteiger partial charge is 2.00 e. The van der Waals surface area contributed by atoms with Crippen molar-refractivity contribution in [1.29, 1.82) is 0 Å². The van der Waals surface area contributed by atoms with Gasteiger partial charge in [0.25, 0.3) is 0 Å². The summed E-state index contributed by atoms with van der Waals surface area (Å²) < 4.78 is 0. The molecule has 0 aromatic heterocycles. The van der Waals surface area contributed by atoms with Gasteiger partial charge in [-0.2, -0.15) is 0 Å². The Morgan fingerprint density at radius 2 is 1.31 bits per heavy atom. The fourth-order valence-corrected chi connectivity index (χ4v) is 0.620. The normalized spacial score (nSPS) is 6.12. The van der Waals surface area contributed by atoms with Gasteiger partial charge in [0.15, 0.2) is 0 Å². The van der Waals surface area contributed by atoms with Gasteiger partial charge < -0.3 is 4.79 Å². The second-order valence-corrected chi connectivity index (χ2v) is 1.76. The molecule has 0 spiro atoms. The summed E-state index contributed by atoms with van der Waals surface area (Å²) >= 11 is 0. The number of hydrogen-bond donors (Lipinski definition) is 0. The van der Waals surface area contributed by atoms with Crippen LogP contribution in [-0.4, -0.2) is 6.29 Å². The smallest absolute Gasteiger partial charge is 0.391 e. The molecule has 0 saturated carbocycles. The maximum atomic E-state index is 10.1. The predicted octanol–water partition coefficient (Wildman–Crippen LogP) is 4.40. The average Bonchev–Trinajstić information content (AvgIpc) is 2.37. The molecular weight excluding hydrogens is 368 g/mol. The van der Waals surface area contributed by atoms with Gasteiger partial charge in [-0.1, -0.05) is 41.5 Å². The Kier molecular flexibility index (Phi) is 36.8. The van der Waals surface area contributed by atoms with Crippen LogP contribution in [0, 0.1) is 6.92 Å².